The molecule has 0 radical (unpaired) electrons. The summed E-state index contributed by atoms with van der Waals surface area (Å²) in [5.74, 6) is 0.919. The van der Waals surface area contributed by atoms with Crippen LogP contribution < -0.4 is 4.90 Å². The number of carbonyl (C=O) groups is 1. The summed E-state index contributed by atoms with van der Waals surface area (Å²) in [6.45, 7) is 7.93. The predicted molar refractivity (Wildman–Crippen MR) is 129 cm³/mol. The number of amides is 1. The number of aliphatic imine (C=N–C) groups is 1. The van der Waals surface area contributed by atoms with Crippen LogP contribution in [-0.2, 0) is 17.6 Å². The molecule has 4 rings (SSSR count). The van der Waals surface area contributed by atoms with Gasteiger partial charge in [0.05, 0.1) is 13.2 Å². The van der Waals surface area contributed by atoms with Gasteiger partial charge in [0.15, 0.2) is 0 Å². The molecule has 1 aromatic heterocycles. The van der Waals surface area contributed by atoms with Crippen LogP contribution in [0.5, 0.6) is 0 Å². The van der Waals surface area contributed by atoms with Crippen molar-refractivity contribution in [2.24, 2.45) is 4.99 Å². The van der Waals surface area contributed by atoms with Crippen molar-refractivity contribution in [1.82, 2.24) is 9.88 Å². The first-order valence-corrected chi connectivity index (χ1v) is 11.1. The number of nitrogens with zero attached hydrogens (tertiary/aromatic N) is 4. The smallest absolute Gasteiger partial charge is 0.258 e. The topological polar surface area (TPSA) is 58.0 Å². The van der Waals surface area contributed by atoms with Crippen molar-refractivity contribution in [3.8, 4) is 0 Å². The molecule has 0 bridgehead atoms. The first-order valence-electron chi connectivity index (χ1n) is 10.7. The van der Waals surface area contributed by atoms with Gasteiger partial charge in [-0.25, -0.2) is 4.98 Å². The van der Waals surface area contributed by atoms with E-state index in [-0.39, 0.29) is 5.91 Å². The summed E-state index contributed by atoms with van der Waals surface area (Å²) in [5.41, 5.74) is 4.36. The third-order valence-electron chi connectivity index (χ3n) is 5.69. The first kappa shape index (κ1) is 22.2. The summed E-state index contributed by atoms with van der Waals surface area (Å²) in [4.78, 5) is 25.8. The molecule has 0 saturated carbocycles. The Balaban J connectivity index is 1.47. The lowest BCUT2D eigenvalue weighted by molar-refractivity contribution is 0.0797. The zero-order chi connectivity index (χ0) is 22.5. The molecule has 1 aromatic carbocycles. The Morgan fingerprint density at radius 2 is 2.06 bits per heavy atom. The Bertz CT molecular complexity index is 1060. The SMILES string of the molecule is C=C(/C=C(\C=N/C)Cc1ccc(N2CCOCC2)nc1)N1CCc2cc(Cl)ccc2C1=O. The Morgan fingerprint density at radius 1 is 1.25 bits per heavy atom. The normalized spacial score (nSPS) is 17.1. The minimum Gasteiger partial charge on any atom is -0.378 e. The molecular weight excluding hydrogens is 424 g/mol. The molecule has 1 fully saturated rings. The van der Waals surface area contributed by atoms with Gasteiger partial charge in [0.2, 0.25) is 0 Å². The van der Waals surface area contributed by atoms with Crippen molar-refractivity contribution in [3.05, 3.63) is 82.2 Å². The fourth-order valence-corrected chi connectivity index (χ4v) is 4.25. The molecule has 0 spiro atoms. The fraction of sp³-hybridized carbons (Fsp3) is 0.320. The summed E-state index contributed by atoms with van der Waals surface area (Å²) < 4.78 is 5.41. The molecule has 2 aromatic rings. The molecular formula is C25H27ClN4O2. The summed E-state index contributed by atoms with van der Waals surface area (Å²) in [6, 6.07) is 9.55. The average Bonchev–Trinajstić information content (AvgIpc) is 2.80. The zero-order valence-corrected chi connectivity index (χ0v) is 19.0. The van der Waals surface area contributed by atoms with Gasteiger partial charge in [-0.1, -0.05) is 24.2 Å². The van der Waals surface area contributed by atoms with Crippen molar-refractivity contribution >= 4 is 29.5 Å². The molecule has 7 heteroatoms. The van der Waals surface area contributed by atoms with E-state index in [9.17, 15) is 4.79 Å². The number of pyridine rings is 1. The van der Waals surface area contributed by atoms with Crippen molar-refractivity contribution in [3.63, 3.8) is 0 Å². The lowest BCUT2D eigenvalue weighted by atomic mass is 9.98. The second kappa shape index (κ2) is 10.1. The van der Waals surface area contributed by atoms with Gasteiger partial charge in [-0.05, 0) is 53.5 Å². The van der Waals surface area contributed by atoms with E-state index in [4.69, 9.17) is 16.3 Å². The Hall–Kier alpha value is -2.96. The molecule has 0 atom stereocenters. The summed E-state index contributed by atoms with van der Waals surface area (Å²) in [7, 11) is 1.74. The van der Waals surface area contributed by atoms with Crippen molar-refractivity contribution in [2.75, 3.05) is 44.8 Å². The Labute approximate surface area is 193 Å². The number of carbonyl (C=O) groups excluding carboxylic acids is 1. The van der Waals surface area contributed by atoms with Gasteiger partial charge < -0.3 is 14.5 Å². The molecule has 1 saturated heterocycles. The van der Waals surface area contributed by atoms with Crippen molar-refractivity contribution < 1.29 is 9.53 Å². The number of halogens is 1. The maximum absolute atomic E-state index is 13.0. The van der Waals surface area contributed by atoms with Crippen LogP contribution in [-0.4, -0.2) is 61.9 Å². The van der Waals surface area contributed by atoms with E-state index >= 15 is 0 Å². The number of ether oxygens (including phenoxy) is 1. The maximum Gasteiger partial charge on any atom is 0.258 e. The molecule has 0 N–H and O–H groups in total. The largest absolute Gasteiger partial charge is 0.378 e. The van der Waals surface area contributed by atoms with Crippen LogP contribution in [0.25, 0.3) is 0 Å². The van der Waals surface area contributed by atoms with Gasteiger partial charge >= 0.3 is 0 Å². The molecule has 6 nitrogen and oxygen atoms in total. The van der Waals surface area contributed by atoms with Gasteiger partial charge in [-0.15, -0.1) is 0 Å². The molecule has 0 unspecified atom stereocenters. The lowest BCUT2D eigenvalue weighted by Crippen LogP contribution is -2.36. The van der Waals surface area contributed by atoms with E-state index in [1.54, 1.807) is 24.1 Å². The summed E-state index contributed by atoms with van der Waals surface area (Å²) in [6.07, 6.45) is 7.04. The molecule has 0 aliphatic carbocycles. The first-order chi connectivity index (χ1) is 15.5. The highest BCUT2D eigenvalue weighted by atomic mass is 35.5. The summed E-state index contributed by atoms with van der Waals surface area (Å²) >= 11 is 6.08. The van der Waals surface area contributed by atoms with Crippen LogP contribution in [0.4, 0.5) is 5.82 Å². The van der Waals surface area contributed by atoms with Crippen LogP contribution >= 0.6 is 11.6 Å². The highest BCUT2D eigenvalue weighted by molar-refractivity contribution is 6.30. The second-order valence-corrected chi connectivity index (χ2v) is 8.34. The minimum absolute atomic E-state index is 0.0477. The number of hydrogen-bond acceptors (Lipinski definition) is 5. The average molecular weight is 451 g/mol. The minimum atomic E-state index is -0.0477. The van der Waals surface area contributed by atoms with E-state index in [1.165, 1.54) is 0 Å². The molecule has 2 aliphatic rings. The number of hydrogen-bond donors (Lipinski definition) is 0. The second-order valence-electron chi connectivity index (χ2n) is 7.91. The van der Waals surface area contributed by atoms with Crippen LogP contribution in [0, 0.1) is 0 Å². The number of anilines is 1. The van der Waals surface area contributed by atoms with Crippen LogP contribution in [0.15, 0.2) is 65.4 Å². The van der Waals surface area contributed by atoms with E-state index in [2.05, 4.69) is 27.5 Å². The van der Waals surface area contributed by atoms with Gasteiger partial charge in [-0.3, -0.25) is 9.79 Å². The highest BCUT2D eigenvalue weighted by Gasteiger charge is 2.25. The molecule has 166 valence electrons. The van der Waals surface area contributed by atoms with Crippen molar-refractivity contribution in [2.45, 2.75) is 12.8 Å². The quantitative estimate of drug-likeness (QED) is 0.494. The van der Waals surface area contributed by atoms with E-state index < -0.39 is 0 Å². The monoisotopic (exact) mass is 450 g/mol. The standard InChI is InChI=1S/C25H27ClN4O2/c1-18(30-8-7-21-15-22(26)4-5-23(21)25(30)31)13-20(16-27-2)14-19-3-6-24(28-17-19)29-9-11-32-12-10-29/h3-6,13,15-17H,1,7-12,14H2,2H3/b20-13-,27-16-. The maximum atomic E-state index is 13.0. The third kappa shape index (κ3) is 5.09. The van der Waals surface area contributed by atoms with Crippen LogP contribution in [0.1, 0.15) is 21.5 Å². The van der Waals surface area contributed by atoms with Crippen LogP contribution in [0.3, 0.4) is 0 Å². The van der Waals surface area contributed by atoms with Gasteiger partial charge in [0.25, 0.3) is 5.91 Å². The van der Waals surface area contributed by atoms with Gasteiger partial charge in [-0.2, -0.15) is 0 Å². The van der Waals surface area contributed by atoms with E-state index in [1.807, 2.05) is 30.6 Å². The molecule has 1 amide bonds. The van der Waals surface area contributed by atoms with Crippen molar-refractivity contribution in [1.29, 1.82) is 0 Å². The molecule has 3 heterocycles. The highest BCUT2D eigenvalue weighted by Crippen LogP contribution is 2.25. The molecule has 2 aliphatic heterocycles. The number of morpholine rings is 1. The number of rotatable bonds is 6. The fourth-order valence-electron chi connectivity index (χ4n) is 4.06. The van der Waals surface area contributed by atoms with E-state index in [0.717, 1.165) is 55.2 Å². The van der Waals surface area contributed by atoms with Gasteiger partial charge in [0.1, 0.15) is 5.82 Å². The predicted octanol–water partition coefficient (Wildman–Crippen LogP) is 3.95. The number of allylic oxidation sites excluding steroid dienone is 2. The van der Waals surface area contributed by atoms with Crippen LogP contribution in [0.2, 0.25) is 5.02 Å². The Morgan fingerprint density at radius 3 is 2.78 bits per heavy atom. The lowest BCUT2D eigenvalue weighted by Gasteiger charge is -2.29. The zero-order valence-electron chi connectivity index (χ0n) is 18.3. The van der Waals surface area contributed by atoms with Gasteiger partial charge in [0, 0.05) is 61.8 Å². The van der Waals surface area contributed by atoms with E-state index in [0.29, 0.717) is 29.2 Å². The summed E-state index contributed by atoms with van der Waals surface area (Å²) in [5, 5.41) is 0.651. The number of aromatic nitrogens is 1. The molecule has 32 heavy (non-hydrogen) atoms. The number of benzene rings is 1. The Kier molecular flexibility index (Phi) is 7.02. The number of fused-ring (bicyclic) bond motifs is 1. The third-order valence-corrected chi connectivity index (χ3v) is 5.93.